The summed E-state index contributed by atoms with van der Waals surface area (Å²) in [7, 11) is 0. The summed E-state index contributed by atoms with van der Waals surface area (Å²) in [6.45, 7) is 6.85. The van der Waals surface area contributed by atoms with Gasteiger partial charge in [0.1, 0.15) is 0 Å². The topological polar surface area (TPSA) is 41.1 Å². The summed E-state index contributed by atoms with van der Waals surface area (Å²) < 4.78 is 0. The first kappa shape index (κ1) is 8.53. The third-order valence-electron chi connectivity index (χ3n) is 1.90. The highest BCUT2D eigenvalue weighted by molar-refractivity contribution is 5.76. The van der Waals surface area contributed by atoms with E-state index in [1.54, 1.807) is 0 Å². The predicted octanol–water partition coefficient (Wildman–Crippen LogP) is 0.122. The number of nitrogens with one attached hydrogen (secondary N) is 2. The number of carbonyl (C=O) groups excluding carboxylic acids is 1. The van der Waals surface area contributed by atoms with E-state index in [2.05, 4.69) is 24.5 Å². The highest BCUT2D eigenvalue weighted by atomic mass is 16.1. The van der Waals surface area contributed by atoms with Crippen molar-refractivity contribution in [3.05, 3.63) is 0 Å². The van der Waals surface area contributed by atoms with Crippen LogP contribution in [0.15, 0.2) is 0 Å². The van der Waals surface area contributed by atoms with Crippen LogP contribution in [0.25, 0.3) is 0 Å². The second-order valence-electron chi connectivity index (χ2n) is 3.87. The monoisotopic (exact) mass is 156 g/mol. The molecule has 0 saturated carbocycles. The Morgan fingerprint density at radius 1 is 1.36 bits per heavy atom. The normalized spacial score (nSPS) is 25.1. The minimum absolute atomic E-state index is 0.158. The van der Waals surface area contributed by atoms with Crippen LogP contribution >= 0.6 is 0 Å². The molecular formula is C8H16N2O. The number of amides is 1. The molecule has 0 atom stereocenters. The van der Waals surface area contributed by atoms with Gasteiger partial charge in [0.05, 0.1) is 0 Å². The van der Waals surface area contributed by atoms with Gasteiger partial charge in [0.2, 0.25) is 5.91 Å². The van der Waals surface area contributed by atoms with Gasteiger partial charge < -0.3 is 10.6 Å². The second-order valence-corrected chi connectivity index (χ2v) is 3.87. The molecule has 3 heteroatoms. The molecule has 0 aromatic heterocycles. The molecule has 1 rings (SSSR count). The maximum atomic E-state index is 11.0. The zero-order chi connectivity index (χ0) is 8.32. The standard InChI is InChI=1S/C8H16N2O/c1-8(2)5-9-4-3-7(11)10-6-8/h9H,3-6H2,1-2H3,(H,10,11). The van der Waals surface area contributed by atoms with Crippen molar-refractivity contribution in [1.82, 2.24) is 10.6 Å². The Balaban J connectivity index is 2.44. The van der Waals surface area contributed by atoms with Crippen LogP contribution in [-0.2, 0) is 4.79 Å². The molecule has 0 spiro atoms. The molecular weight excluding hydrogens is 140 g/mol. The van der Waals surface area contributed by atoms with Crippen molar-refractivity contribution in [3.8, 4) is 0 Å². The van der Waals surface area contributed by atoms with E-state index in [9.17, 15) is 4.79 Å². The first-order valence-electron chi connectivity index (χ1n) is 4.08. The van der Waals surface area contributed by atoms with Crippen LogP contribution in [0, 0.1) is 5.41 Å². The van der Waals surface area contributed by atoms with E-state index < -0.39 is 0 Å². The Morgan fingerprint density at radius 2 is 2.09 bits per heavy atom. The molecule has 1 aliphatic rings. The molecule has 11 heavy (non-hydrogen) atoms. The molecule has 3 nitrogen and oxygen atoms in total. The Bertz CT molecular complexity index is 154. The summed E-state index contributed by atoms with van der Waals surface area (Å²) in [6.07, 6.45) is 0.607. The van der Waals surface area contributed by atoms with E-state index in [4.69, 9.17) is 0 Å². The van der Waals surface area contributed by atoms with Crippen LogP contribution in [0.4, 0.5) is 0 Å². The molecule has 1 amide bonds. The largest absolute Gasteiger partial charge is 0.355 e. The van der Waals surface area contributed by atoms with E-state index in [1.165, 1.54) is 0 Å². The smallest absolute Gasteiger partial charge is 0.221 e. The second kappa shape index (κ2) is 3.22. The number of hydrogen-bond donors (Lipinski definition) is 2. The third kappa shape index (κ3) is 2.89. The van der Waals surface area contributed by atoms with Gasteiger partial charge in [-0.3, -0.25) is 4.79 Å². The number of carbonyl (C=O) groups is 1. The minimum Gasteiger partial charge on any atom is -0.355 e. The summed E-state index contributed by atoms with van der Waals surface area (Å²) in [5, 5.41) is 6.14. The molecule has 0 aromatic rings. The highest BCUT2D eigenvalue weighted by Gasteiger charge is 2.20. The lowest BCUT2D eigenvalue weighted by Crippen LogP contribution is -2.44. The van der Waals surface area contributed by atoms with Crippen LogP contribution in [-0.4, -0.2) is 25.5 Å². The lowest BCUT2D eigenvalue weighted by molar-refractivity contribution is -0.121. The van der Waals surface area contributed by atoms with Crippen LogP contribution < -0.4 is 10.6 Å². The fourth-order valence-corrected chi connectivity index (χ4v) is 1.12. The van der Waals surface area contributed by atoms with Gasteiger partial charge in [-0.1, -0.05) is 13.8 Å². The SMILES string of the molecule is CC1(C)CNCCC(=O)NC1. The van der Waals surface area contributed by atoms with Gasteiger partial charge in [0, 0.05) is 26.1 Å². The molecule has 0 aromatic carbocycles. The van der Waals surface area contributed by atoms with Crippen molar-refractivity contribution in [2.24, 2.45) is 5.41 Å². The summed E-state index contributed by atoms with van der Waals surface area (Å²) in [5.41, 5.74) is 0.191. The Hall–Kier alpha value is -0.570. The van der Waals surface area contributed by atoms with E-state index >= 15 is 0 Å². The Morgan fingerprint density at radius 3 is 2.82 bits per heavy atom. The zero-order valence-electron chi connectivity index (χ0n) is 7.24. The van der Waals surface area contributed by atoms with Gasteiger partial charge in [-0.2, -0.15) is 0 Å². The van der Waals surface area contributed by atoms with Crippen molar-refractivity contribution in [2.45, 2.75) is 20.3 Å². The molecule has 2 N–H and O–H groups in total. The van der Waals surface area contributed by atoms with E-state index in [0.717, 1.165) is 19.6 Å². The third-order valence-corrected chi connectivity index (χ3v) is 1.90. The zero-order valence-corrected chi connectivity index (χ0v) is 7.24. The number of hydrogen-bond acceptors (Lipinski definition) is 2. The quantitative estimate of drug-likeness (QED) is 0.523. The molecule has 0 aliphatic carbocycles. The van der Waals surface area contributed by atoms with Crippen LogP contribution in [0.2, 0.25) is 0 Å². The van der Waals surface area contributed by atoms with E-state index in [0.29, 0.717) is 6.42 Å². The summed E-state index contributed by atoms with van der Waals surface area (Å²) in [5.74, 6) is 0.158. The van der Waals surface area contributed by atoms with Crippen molar-refractivity contribution < 1.29 is 4.79 Å². The van der Waals surface area contributed by atoms with Crippen molar-refractivity contribution in [3.63, 3.8) is 0 Å². The van der Waals surface area contributed by atoms with Gasteiger partial charge in [-0.15, -0.1) is 0 Å². The fraction of sp³-hybridized carbons (Fsp3) is 0.875. The molecule has 1 aliphatic heterocycles. The summed E-state index contributed by atoms with van der Waals surface area (Å²) in [4.78, 5) is 11.0. The molecule has 1 saturated heterocycles. The lowest BCUT2D eigenvalue weighted by Gasteiger charge is -2.27. The van der Waals surface area contributed by atoms with Crippen LogP contribution in [0.1, 0.15) is 20.3 Å². The summed E-state index contributed by atoms with van der Waals surface area (Å²) >= 11 is 0. The molecule has 1 fully saturated rings. The van der Waals surface area contributed by atoms with Gasteiger partial charge in [0.15, 0.2) is 0 Å². The van der Waals surface area contributed by atoms with Crippen LogP contribution in [0.5, 0.6) is 0 Å². The molecule has 0 bridgehead atoms. The summed E-state index contributed by atoms with van der Waals surface area (Å²) in [6, 6.07) is 0. The van der Waals surface area contributed by atoms with Crippen molar-refractivity contribution in [1.29, 1.82) is 0 Å². The van der Waals surface area contributed by atoms with Crippen molar-refractivity contribution >= 4 is 5.91 Å². The molecule has 0 radical (unpaired) electrons. The Kier molecular flexibility index (Phi) is 2.49. The molecule has 0 unspecified atom stereocenters. The first-order chi connectivity index (χ1) is 5.10. The average molecular weight is 156 g/mol. The molecule has 64 valence electrons. The van der Waals surface area contributed by atoms with E-state index in [-0.39, 0.29) is 11.3 Å². The highest BCUT2D eigenvalue weighted by Crippen LogP contribution is 2.12. The van der Waals surface area contributed by atoms with Gasteiger partial charge >= 0.3 is 0 Å². The minimum atomic E-state index is 0.158. The van der Waals surface area contributed by atoms with Gasteiger partial charge in [-0.25, -0.2) is 0 Å². The first-order valence-corrected chi connectivity index (χ1v) is 4.08. The van der Waals surface area contributed by atoms with E-state index in [1.807, 2.05) is 0 Å². The maximum Gasteiger partial charge on any atom is 0.221 e. The average Bonchev–Trinajstić information content (AvgIpc) is 1.92. The Labute approximate surface area is 67.5 Å². The maximum absolute atomic E-state index is 11.0. The predicted molar refractivity (Wildman–Crippen MR) is 44.3 cm³/mol. The number of rotatable bonds is 0. The van der Waals surface area contributed by atoms with Crippen molar-refractivity contribution in [2.75, 3.05) is 19.6 Å². The lowest BCUT2D eigenvalue weighted by atomic mass is 9.93. The van der Waals surface area contributed by atoms with Crippen LogP contribution in [0.3, 0.4) is 0 Å². The fourth-order valence-electron chi connectivity index (χ4n) is 1.12. The molecule has 1 heterocycles. The van der Waals surface area contributed by atoms with Gasteiger partial charge in [-0.05, 0) is 5.41 Å². The van der Waals surface area contributed by atoms with Gasteiger partial charge in [0.25, 0.3) is 0 Å².